The molecule has 1 atom stereocenters. The van der Waals surface area contributed by atoms with E-state index in [2.05, 4.69) is 11.4 Å². The van der Waals surface area contributed by atoms with Crippen LogP contribution in [0.25, 0.3) is 0 Å². The maximum Gasteiger partial charge on any atom is 0.0764 e. The van der Waals surface area contributed by atoms with Crippen LogP contribution in [0, 0.1) is 17.2 Å². The summed E-state index contributed by atoms with van der Waals surface area (Å²) >= 11 is 0. The molecule has 2 nitrogen and oxygen atoms in total. The summed E-state index contributed by atoms with van der Waals surface area (Å²) in [4.78, 5) is 0. The lowest BCUT2D eigenvalue weighted by molar-refractivity contribution is 0.190. The Bertz CT molecular complexity index is 132. The molecule has 0 amide bonds. The van der Waals surface area contributed by atoms with Crippen molar-refractivity contribution in [1.82, 2.24) is 5.32 Å². The minimum Gasteiger partial charge on any atom is -0.309 e. The van der Waals surface area contributed by atoms with Crippen molar-refractivity contribution in [2.75, 3.05) is 6.54 Å². The van der Waals surface area contributed by atoms with Crippen LogP contribution in [0.2, 0.25) is 0 Å². The van der Waals surface area contributed by atoms with Crippen LogP contribution in [0.15, 0.2) is 0 Å². The van der Waals surface area contributed by atoms with Crippen molar-refractivity contribution in [3.63, 3.8) is 0 Å². The molecule has 0 radical (unpaired) electrons. The zero-order valence-electron chi connectivity index (χ0n) is 5.23. The van der Waals surface area contributed by atoms with Crippen LogP contribution < -0.4 is 5.32 Å². The fraction of sp³-hybridized carbons (Fsp3) is 0.833. The summed E-state index contributed by atoms with van der Waals surface area (Å²) in [5.41, 5.74) is 0.0781. The Morgan fingerprint density at radius 1 is 1.75 bits per heavy atom. The van der Waals surface area contributed by atoms with Gasteiger partial charge >= 0.3 is 0 Å². The predicted octanol–water partition coefficient (Wildman–Crippen LogP) is 0.508. The van der Waals surface area contributed by atoms with Crippen LogP contribution in [0.3, 0.4) is 0 Å². The monoisotopic (exact) mass is 110 g/mol. The van der Waals surface area contributed by atoms with Crippen LogP contribution in [-0.4, -0.2) is 12.1 Å². The zero-order valence-corrected chi connectivity index (χ0v) is 5.23. The van der Waals surface area contributed by atoms with Gasteiger partial charge in [0.2, 0.25) is 0 Å². The van der Waals surface area contributed by atoms with Gasteiger partial charge in [0.05, 0.1) is 12.0 Å². The van der Waals surface area contributed by atoms with E-state index in [0.717, 1.165) is 6.54 Å². The Morgan fingerprint density at radius 3 is 2.38 bits per heavy atom. The molecule has 1 rings (SSSR count). The van der Waals surface area contributed by atoms with Crippen molar-refractivity contribution in [3.8, 4) is 6.07 Å². The lowest BCUT2D eigenvalue weighted by atomic mass is 9.81. The Hall–Kier alpha value is -0.550. The molecule has 1 aliphatic heterocycles. The van der Waals surface area contributed by atoms with E-state index in [4.69, 9.17) is 5.26 Å². The van der Waals surface area contributed by atoms with Gasteiger partial charge in [0, 0.05) is 12.1 Å². The maximum absolute atomic E-state index is 8.43. The second kappa shape index (κ2) is 1.46. The molecule has 0 aromatic heterocycles. The van der Waals surface area contributed by atoms with Crippen LogP contribution in [0.1, 0.15) is 13.8 Å². The molecule has 0 saturated carbocycles. The van der Waals surface area contributed by atoms with E-state index in [1.54, 1.807) is 0 Å². The molecule has 8 heavy (non-hydrogen) atoms. The normalized spacial score (nSPS) is 32.9. The predicted molar refractivity (Wildman–Crippen MR) is 31.2 cm³/mol. The van der Waals surface area contributed by atoms with Crippen molar-refractivity contribution >= 4 is 0 Å². The van der Waals surface area contributed by atoms with E-state index in [0.29, 0.717) is 0 Å². The number of hydrogen-bond donors (Lipinski definition) is 1. The van der Waals surface area contributed by atoms with Gasteiger partial charge in [-0.2, -0.15) is 5.26 Å². The van der Waals surface area contributed by atoms with Gasteiger partial charge in [0.25, 0.3) is 0 Å². The van der Waals surface area contributed by atoms with Gasteiger partial charge in [0.15, 0.2) is 0 Å². The van der Waals surface area contributed by atoms with Gasteiger partial charge in [-0.05, 0) is 13.8 Å². The molecular weight excluding hydrogens is 100 g/mol. The maximum atomic E-state index is 8.43. The van der Waals surface area contributed by atoms with Gasteiger partial charge in [-0.25, -0.2) is 0 Å². The van der Waals surface area contributed by atoms with Gasteiger partial charge in [-0.15, -0.1) is 0 Å². The first-order valence-electron chi connectivity index (χ1n) is 2.81. The summed E-state index contributed by atoms with van der Waals surface area (Å²) in [6.45, 7) is 4.96. The first-order valence-corrected chi connectivity index (χ1v) is 2.81. The number of hydrogen-bond acceptors (Lipinski definition) is 2. The largest absolute Gasteiger partial charge is 0.309 e. The Labute approximate surface area is 49.5 Å². The van der Waals surface area contributed by atoms with Crippen molar-refractivity contribution in [2.45, 2.75) is 19.4 Å². The van der Waals surface area contributed by atoms with E-state index in [-0.39, 0.29) is 11.5 Å². The Morgan fingerprint density at radius 2 is 2.38 bits per heavy atom. The second-order valence-electron chi connectivity index (χ2n) is 2.78. The van der Waals surface area contributed by atoms with Crippen LogP contribution in [-0.2, 0) is 0 Å². The summed E-state index contributed by atoms with van der Waals surface area (Å²) in [5, 5.41) is 11.6. The van der Waals surface area contributed by atoms with Gasteiger partial charge in [-0.1, -0.05) is 0 Å². The van der Waals surface area contributed by atoms with Gasteiger partial charge in [-0.3, -0.25) is 0 Å². The summed E-state index contributed by atoms with van der Waals surface area (Å²) in [6, 6.07) is 2.23. The van der Waals surface area contributed by atoms with Crippen LogP contribution >= 0.6 is 0 Å². The Balaban J connectivity index is 2.53. The van der Waals surface area contributed by atoms with E-state index in [1.165, 1.54) is 0 Å². The molecule has 0 unspecified atom stereocenters. The first-order chi connectivity index (χ1) is 3.67. The highest BCUT2D eigenvalue weighted by molar-refractivity contribution is 5.07. The van der Waals surface area contributed by atoms with Crippen molar-refractivity contribution < 1.29 is 0 Å². The van der Waals surface area contributed by atoms with Crippen LogP contribution in [0.4, 0.5) is 0 Å². The molecular formula is C6H10N2. The minimum absolute atomic E-state index is 0.0781. The molecule has 0 aliphatic carbocycles. The fourth-order valence-corrected chi connectivity index (χ4v) is 0.819. The van der Waals surface area contributed by atoms with E-state index < -0.39 is 0 Å². The quantitative estimate of drug-likeness (QED) is 0.493. The highest BCUT2D eigenvalue weighted by atomic mass is 15.1. The molecule has 0 spiro atoms. The molecule has 0 aromatic carbocycles. The topological polar surface area (TPSA) is 35.8 Å². The summed E-state index contributed by atoms with van der Waals surface area (Å²) in [6.07, 6.45) is 0. The number of nitriles is 1. The van der Waals surface area contributed by atoms with Crippen molar-refractivity contribution in [2.24, 2.45) is 5.92 Å². The molecule has 1 saturated heterocycles. The summed E-state index contributed by atoms with van der Waals surface area (Å²) in [5.74, 6) is 0.225. The molecule has 44 valence electrons. The van der Waals surface area contributed by atoms with Gasteiger partial charge in [0.1, 0.15) is 0 Å². The third-order valence-electron chi connectivity index (χ3n) is 1.79. The molecule has 2 heteroatoms. The third kappa shape index (κ3) is 0.597. The summed E-state index contributed by atoms with van der Waals surface area (Å²) in [7, 11) is 0. The summed E-state index contributed by atoms with van der Waals surface area (Å²) < 4.78 is 0. The standard InChI is InChI=1S/C6H10N2/c1-6(2)5(3-7)4-8-6/h5,8H,4H2,1-2H3/t5-/m0/s1. The minimum atomic E-state index is 0.0781. The van der Waals surface area contributed by atoms with E-state index in [1.807, 2.05) is 13.8 Å². The molecule has 1 aliphatic rings. The Kier molecular flexibility index (Phi) is 1.02. The van der Waals surface area contributed by atoms with E-state index in [9.17, 15) is 0 Å². The highest BCUT2D eigenvalue weighted by Crippen LogP contribution is 2.23. The van der Waals surface area contributed by atoms with E-state index >= 15 is 0 Å². The van der Waals surface area contributed by atoms with Crippen LogP contribution in [0.5, 0.6) is 0 Å². The highest BCUT2D eigenvalue weighted by Gasteiger charge is 2.37. The van der Waals surface area contributed by atoms with Crippen molar-refractivity contribution in [3.05, 3.63) is 0 Å². The van der Waals surface area contributed by atoms with Crippen molar-refractivity contribution in [1.29, 1.82) is 5.26 Å². The lowest BCUT2D eigenvalue weighted by Crippen LogP contribution is -2.60. The number of rotatable bonds is 0. The molecule has 0 aromatic rings. The molecule has 1 fully saturated rings. The first kappa shape index (κ1) is 5.58. The average molecular weight is 110 g/mol. The third-order valence-corrected chi connectivity index (χ3v) is 1.79. The smallest absolute Gasteiger partial charge is 0.0764 e. The molecule has 1 N–H and O–H groups in total. The fourth-order valence-electron chi connectivity index (χ4n) is 0.819. The average Bonchev–Trinajstić information content (AvgIpc) is 1.66. The second-order valence-corrected chi connectivity index (χ2v) is 2.78. The zero-order chi connectivity index (χ0) is 6.20. The molecule has 0 bridgehead atoms. The number of nitrogens with one attached hydrogen (secondary N) is 1. The molecule has 1 heterocycles. The SMILES string of the molecule is CC1(C)NC[C@@H]1C#N. The van der Waals surface area contributed by atoms with Gasteiger partial charge < -0.3 is 5.32 Å². The lowest BCUT2D eigenvalue weighted by Gasteiger charge is -2.41. The number of nitrogens with zero attached hydrogens (tertiary/aromatic N) is 1.